The molecule has 5 nitrogen and oxygen atoms in total. The number of aromatic nitrogens is 3. The number of nitrogens with zero attached hydrogens (tertiary/aromatic N) is 3. The molecule has 4 rings (SSSR count). The van der Waals surface area contributed by atoms with E-state index in [1.807, 2.05) is 49.4 Å². The van der Waals surface area contributed by atoms with E-state index >= 15 is 0 Å². The Morgan fingerprint density at radius 2 is 1.78 bits per heavy atom. The van der Waals surface area contributed by atoms with Crippen LogP contribution in [0.25, 0.3) is 22.4 Å². The van der Waals surface area contributed by atoms with Gasteiger partial charge in [-0.1, -0.05) is 36.4 Å². The van der Waals surface area contributed by atoms with Crippen molar-refractivity contribution in [3.05, 3.63) is 66.5 Å². The molecule has 0 amide bonds. The zero-order chi connectivity index (χ0) is 15.6. The average molecular weight is 302 g/mol. The molecule has 112 valence electrons. The first kappa shape index (κ1) is 13.5. The third-order valence-corrected chi connectivity index (χ3v) is 3.48. The van der Waals surface area contributed by atoms with Crippen LogP contribution in [-0.2, 0) is 0 Å². The van der Waals surface area contributed by atoms with Crippen molar-refractivity contribution in [3.8, 4) is 11.1 Å². The summed E-state index contributed by atoms with van der Waals surface area (Å²) in [4.78, 5) is 13.2. The van der Waals surface area contributed by atoms with Crippen LogP contribution in [0.2, 0.25) is 0 Å². The maximum atomic E-state index is 5.74. The summed E-state index contributed by atoms with van der Waals surface area (Å²) in [6.45, 7) is 1.94. The van der Waals surface area contributed by atoms with Crippen molar-refractivity contribution in [3.63, 3.8) is 0 Å². The molecule has 0 aliphatic heterocycles. The highest BCUT2D eigenvalue weighted by Gasteiger charge is 2.14. The van der Waals surface area contributed by atoms with E-state index in [9.17, 15) is 0 Å². The van der Waals surface area contributed by atoms with Gasteiger partial charge in [-0.2, -0.15) is 4.98 Å². The van der Waals surface area contributed by atoms with Gasteiger partial charge in [0, 0.05) is 17.5 Å². The van der Waals surface area contributed by atoms with Gasteiger partial charge >= 0.3 is 6.01 Å². The van der Waals surface area contributed by atoms with Crippen LogP contribution in [0.5, 0.6) is 0 Å². The Hall–Kier alpha value is -3.21. The van der Waals surface area contributed by atoms with Gasteiger partial charge < -0.3 is 4.42 Å². The van der Waals surface area contributed by atoms with E-state index in [1.165, 1.54) is 0 Å². The Kier molecular flexibility index (Phi) is 3.24. The number of hydrogen-bond acceptors (Lipinski definition) is 5. The minimum absolute atomic E-state index is 0.383. The number of oxazole rings is 1. The van der Waals surface area contributed by atoms with Crippen molar-refractivity contribution in [1.82, 2.24) is 15.0 Å². The van der Waals surface area contributed by atoms with Gasteiger partial charge in [0.2, 0.25) is 5.71 Å². The van der Waals surface area contributed by atoms with Gasteiger partial charge in [-0.15, -0.1) is 0 Å². The zero-order valence-corrected chi connectivity index (χ0v) is 12.5. The topological polar surface area (TPSA) is 63.8 Å². The number of rotatable bonds is 3. The predicted molar refractivity (Wildman–Crippen MR) is 89.5 cm³/mol. The van der Waals surface area contributed by atoms with Gasteiger partial charge in [0.1, 0.15) is 11.3 Å². The molecular formula is C18H14N4O. The maximum Gasteiger partial charge on any atom is 0.302 e. The highest BCUT2D eigenvalue weighted by Crippen LogP contribution is 2.30. The molecule has 4 aromatic rings. The third-order valence-electron chi connectivity index (χ3n) is 3.48. The SMILES string of the molecule is Cc1cc(-c2ccccc2)c2nc(Nc3ccccn3)oc2n1. The van der Waals surface area contributed by atoms with Crippen molar-refractivity contribution in [2.24, 2.45) is 0 Å². The summed E-state index contributed by atoms with van der Waals surface area (Å²) in [5.41, 5.74) is 4.23. The van der Waals surface area contributed by atoms with Crippen LogP contribution in [0, 0.1) is 6.92 Å². The van der Waals surface area contributed by atoms with E-state index in [4.69, 9.17) is 4.42 Å². The molecule has 0 spiro atoms. The van der Waals surface area contributed by atoms with E-state index in [0.717, 1.165) is 22.3 Å². The van der Waals surface area contributed by atoms with Crippen LogP contribution in [0.3, 0.4) is 0 Å². The summed E-state index contributed by atoms with van der Waals surface area (Å²) < 4.78 is 5.74. The maximum absolute atomic E-state index is 5.74. The molecule has 1 aromatic carbocycles. The summed E-state index contributed by atoms with van der Waals surface area (Å²) >= 11 is 0. The molecule has 0 saturated heterocycles. The summed E-state index contributed by atoms with van der Waals surface area (Å²) in [5.74, 6) is 0.678. The van der Waals surface area contributed by atoms with Crippen LogP contribution in [0.4, 0.5) is 11.8 Å². The summed E-state index contributed by atoms with van der Waals surface area (Å²) in [6, 6.07) is 18.1. The van der Waals surface area contributed by atoms with Crippen LogP contribution in [0.1, 0.15) is 5.69 Å². The number of pyridine rings is 2. The van der Waals surface area contributed by atoms with Crippen LogP contribution in [-0.4, -0.2) is 15.0 Å². The quantitative estimate of drug-likeness (QED) is 0.610. The number of nitrogens with one attached hydrogen (secondary N) is 1. The van der Waals surface area contributed by atoms with Gasteiger partial charge in [0.15, 0.2) is 0 Å². The fraction of sp³-hybridized carbons (Fsp3) is 0.0556. The molecule has 3 heterocycles. The van der Waals surface area contributed by atoms with Gasteiger partial charge in [-0.3, -0.25) is 5.32 Å². The fourth-order valence-electron chi connectivity index (χ4n) is 2.47. The van der Waals surface area contributed by atoms with Gasteiger partial charge in [-0.05, 0) is 30.7 Å². The molecule has 0 fully saturated rings. The first-order valence-corrected chi connectivity index (χ1v) is 7.31. The molecule has 23 heavy (non-hydrogen) atoms. The smallest absolute Gasteiger partial charge is 0.302 e. The minimum Gasteiger partial charge on any atom is -0.404 e. The van der Waals surface area contributed by atoms with Crippen LogP contribution < -0.4 is 5.32 Å². The first-order chi connectivity index (χ1) is 11.3. The molecule has 0 saturated carbocycles. The molecule has 0 bridgehead atoms. The van der Waals surface area contributed by atoms with Crippen molar-refractivity contribution < 1.29 is 4.42 Å². The molecule has 1 N–H and O–H groups in total. The number of fused-ring (bicyclic) bond motifs is 1. The van der Waals surface area contributed by atoms with Crippen molar-refractivity contribution in [2.75, 3.05) is 5.32 Å². The summed E-state index contributed by atoms with van der Waals surface area (Å²) in [7, 11) is 0. The number of aryl methyl sites for hydroxylation is 1. The molecule has 0 aliphatic rings. The second-order valence-corrected chi connectivity index (χ2v) is 5.19. The van der Waals surface area contributed by atoms with Crippen molar-refractivity contribution in [1.29, 1.82) is 0 Å². The Morgan fingerprint density at radius 3 is 2.57 bits per heavy atom. The number of benzene rings is 1. The Morgan fingerprint density at radius 1 is 0.957 bits per heavy atom. The highest BCUT2D eigenvalue weighted by atomic mass is 16.4. The summed E-state index contributed by atoms with van der Waals surface area (Å²) in [6.07, 6.45) is 1.71. The van der Waals surface area contributed by atoms with E-state index < -0.39 is 0 Å². The second-order valence-electron chi connectivity index (χ2n) is 5.19. The van der Waals surface area contributed by atoms with Gasteiger partial charge in [0.05, 0.1) is 0 Å². The lowest BCUT2D eigenvalue weighted by Gasteiger charge is -2.02. The lowest BCUT2D eigenvalue weighted by molar-refractivity contribution is 0.609. The predicted octanol–water partition coefficient (Wildman–Crippen LogP) is 4.34. The molecular weight excluding hydrogens is 288 g/mol. The van der Waals surface area contributed by atoms with Crippen LogP contribution in [0.15, 0.2) is 65.2 Å². The lowest BCUT2D eigenvalue weighted by Crippen LogP contribution is -1.92. The fourth-order valence-corrected chi connectivity index (χ4v) is 2.47. The minimum atomic E-state index is 0.383. The van der Waals surface area contributed by atoms with Gasteiger partial charge in [0.25, 0.3) is 0 Å². The zero-order valence-electron chi connectivity index (χ0n) is 12.5. The lowest BCUT2D eigenvalue weighted by atomic mass is 10.1. The standard InChI is InChI=1S/C18H14N4O/c1-12-11-14(13-7-3-2-4-8-13)16-17(20-12)23-18(22-16)21-15-9-5-6-10-19-15/h2-11H,1H3,(H,19,21,22). The molecule has 0 aliphatic carbocycles. The Bertz CT molecular complexity index is 949. The summed E-state index contributed by atoms with van der Waals surface area (Å²) in [5, 5.41) is 3.06. The van der Waals surface area contributed by atoms with Crippen LogP contribution >= 0.6 is 0 Å². The Balaban J connectivity index is 1.82. The van der Waals surface area contributed by atoms with Gasteiger partial charge in [-0.25, -0.2) is 9.97 Å². The Labute approximate surface area is 133 Å². The van der Waals surface area contributed by atoms with E-state index in [1.54, 1.807) is 6.20 Å². The van der Waals surface area contributed by atoms with Crippen molar-refractivity contribution in [2.45, 2.75) is 6.92 Å². The highest BCUT2D eigenvalue weighted by molar-refractivity contribution is 5.90. The number of anilines is 2. The van der Waals surface area contributed by atoms with E-state index in [0.29, 0.717) is 17.5 Å². The van der Waals surface area contributed by atoms with E-state index in [-0.39, 0.29) is 0 Å². The molecule has 3 aromatic heterocycles. The normalized spacial score (nSPS) is 10.8. The largest absolute Gasteiger partial charge is 0.404 e. The monoisotopic (exact) mass is 302 g/mol. The third kappa shape index (κ3) is 2.64. The van der Waals surface area contributed by atoms with E-state index in [2.05, 4.69) is 32.4 Å². The first-order valence-electron chi connectivity index (χ1n) is 7.31. The second kappa shape index (κ2) is 5.53. The van der Waals surface area contributed by atoms with Crippen molar-refractivity contribution >= 4 is 23.1 Å². The average Bonchev–Trinajstić information content (AvgIpc) is 2.98. The number of hydrogen-bond donors (Lipinski definition) is 1. The molecule has 0 atom stereocenters. The molecule has 0 radical (unpaired) electrons. The molecule has 5 heteroatoms. The molecule has 0 unspecified atom stereocenters.